The van der Waals surface area contributed by atoms with Crippen LogP contribution >= 0.6 is 0 Å². The van der Waals surface area contributed by atoms with Crippen molar-refractivity contribution in [1.29, 1.82) is 0 Å². The second-order valence-corrected chi connectivity index (χ2v) is 7.88. The molecule has 1 aromatic carbocycles. The number of hydrogen-bond donors (Lipinski definition) is 0. The normalized spacial score (nSPS) is 36.3. The summed E-state index contributed by atoms with van der Waals surface area (Å²) < 4.78 is 30.4. The van der Waals surface area contributed by atoms with Crippen LogP contribution in [0.25, 0.3) is 0 Å². The van der Waals surface area contributed by atoms with Crippen molar-refractivity contribution in [3.63, 3.8) is 0 Å². The zero-order chi connectivity index (χ0) is 14.6. The Balaban J connectivity index is 1.58. The number of allylic oxidation sites excluding steroid dienone is 3. The summed E-state index contributed by atoms with van der Waals surface area (Å²) in [4.78, 5) is 0.249. The van der Waals surface area contributed by atoms with Crippen LogP contribution in [-0.4, -0.2) is 14.5 Å². The Morgan fingerprint density at radius 1 is 1.05 bits per heavy atom. The summed E-state index contributed by atoms with van der Waals surface area (Å²) in [6.07, 6.45) is 9.40. The van der Waals surface area contributed by atoms with E-state index in [1.54, 1.807) is 24.3 Å². The van der Waals surface area contributed by atoms with Crippen molar-refractivity contribution in [3.8, 4) is 0 Å². The van der Waals surface area contributed by atoms with E-state index in [-0.39, 0.29) is 16.9 Å². The van der Waals surface area contributed by atoms with E-state index in [2.05, 4.69) is 24.3 Å². The topological polar surface area (TPSA) is 43.4 Å². The molecule has 0 amide bonds. The van der Waals surface area contributed by atoms with E-state index in [4.69, 9.17) is 4.18 Å². The third kappa shape index (κ3) is 2.09. The van der Waals surface area contributed by atoms with E-state index in [0.29, 0.717) is 17.8 Å². The lowest BCUT2D eigenvalue weighted by Gasteiger charge is -2.19. The van der Waals surface area contributed by atoms with Crippen LogP contribution in [0, 0.1) is 30.6 Å². The second-order valence-electron chi connectivity index (χ2n) is 6.30. The van der Waals surface area contributed by atoms with Gasteiger partial charge in [-0.05, 0) is 43.2 Å². The van der Waals surface area contributed by atoms with Gasteiger partial charge in [0.15, 0.2) is 0 Å². The molecule has 1 saturated carbocycles. The van der Waals surface area contributed by atoms with E-state index >= 15 is 0 Å². The van der Waals surface area contributed by atoms with Gasteiger partial charge in [-0.1, -0.05) is 42.0 Å². The van der Waals surface area contributed by atoms with Crippen molar-refractivity contribution in [2.24, 2.45) is 23.7 Å². The molecule has 0 unspecified atom stereocenters. The fourth-order valence-electron chi connectivity index (χ4n) is 3.99. The van der Waals surface area contributed by atoms with Gasteiger partial charge in [-0.3, -0.25) is 4.18 Å². The van der Waals surface area contributed by atoms with Crippen LogP contribution in [0.2, 0.25) is 0 Å². The third-order valence-corrected chi connectivity index (χ3v) is 6.36. The fourth-order valence-corrected chi connectivity index (χ4v) is 5.10. The predicted molar refractivity (Wildman–Crippen MR) is 80.1 cm³/mol. The van der Waals surface area contributed by atoms with E-state index < -0.39 is 10.1 Å². The first-order valence-corrected chi connectivity index (χ1v) is 8.82. The Morgan fingerprint density at radius 3 is 2.52 bits per heavy atom. The van der Waals surface area contributed by atoms with Crippen LogP contribution in [0.3, 0.4) is 0 Å². The largest absolute Gasteiger partial charge is 0.297 e. The summed E-state index contributed by atoms with van der Waals surface area (Å²) in [6.45, 7) is 1.94. The lowest BCUT2D eigenvalue weighted by Crippen LogP contribution is -2.23. The summed E-state index contributed by atoms with van der Waals surface area (Å²) >= 11 is 0. The molecule has 0 heterocycles. The molecule has 110 valence electrons. The zero-order valence-corrected chi connectivity index (χ0v) is 12.7. The van der Waals surface area contributed by atoms with Crippen LogP contribution in [-0.2, 0) is 14.3 Å². The molecule has 1 aromatic rings. The molecule has 0 saturated heterocycles. The summed E-state index contributed by atoms with van der Waals surface area (Å²) in [5.41, 5.74) is 1.04. The van der Waals surface area contributed by atoms with Crippen LogP contribution in [0.1, 0.15) is 12.0 Å². The van der Waals surface area contributed by atoms with Crippen molar-refractivity contribution < 1.29 is 12.6 Å². The van der Waals surface area contributed by atoms with Gasteiger partial charge in [0.25, 0.3) is 10.1 Å². The van der Waals surface area contributed by atoms with Gasteiger partial charge >= 0.3 is 0 Å². The predicted octanol–water partition coefficient (Wildman–Crippen LogP) is 3.08. The second kappa shape index (κ2) is 4.55. The van der Waals surface area contributed by atoms with E-state index in [1.807, 2.05) is 6.92 Å². The Kier molecular flexibility index (Phi) is 2.88. The SMILES string of the molecule is Cc1ccc(S(=O)(=O)O[C@H]2C[C@H]3C=C[C@@H]4C=C[C@H]2[C@@H]43)cc1. The average Bonchev–Trinajstić information content (AvgIpc) is 3.08. The molecule has 0 bridgehead atoms. The van der Waals surface area contributed by atoms with Gasteiger partial charge in [-0.25, -0.2) is 0 Å². The molecule has 0 radical (unpaired) electrons. The Bertz CT molecular complexity index is 715. The van der Waals surface area contributed by atoms with Crippen LogP contribution in [0.5, 0.6) is 0 Å². The first-order valence-electron chi connectivity index (χ1n) is 7.41. The maximum absolute atomic E-state index is 12.4. The maximum Gasteiger partial charge on any atom is 0.297 e. The Morgan fingerprint density at radius 2 is 1.76 bits per heavy atom. The quantitative estimate of drug-likeness (QED) is 0.636. The summed E-state index contributed by atoms with van der Waals surface area (Å²) in [5.74, 6) is 1.70. The molecule has 3 aliphatic rings. The molecule has 0 N–H and O–H groups in total. The zero-order valence-electron chi connectivity index (χ0n) is 11.8. The van der Waals surface area contributed by atoms with E-state index in [9.17, 15) is 8.42 Å². The minimum atomic E-state index is -3.67. The standard InChI is InChI=1S/C17H18O3S/c1-11-2-7-14(8-3-11)21(18,19)20-16-10-13-5-4-12-6-9-15(16)17(12)13/h2-9,12-13,15-17H,10H2,1H3/t12-,13-,15-,16+,17+/m1/s1. The highest BCUT2D eigenvalue weighted by atomic mass is 32.2. The number of hydrogen-bond acceptors (Lipinski definition) is 3. The minimum Gasteiger partial charge on any atom is -0.262 e. The molecule has 3 nitrogen and oxygen atoms in total. The minimum absolute atomic E-state index is 0.225. The van der Waals surface area contributed by atoms with Gasteiger partial charge in [0.05, 0.1) is 11.0 Å². The first kappa shape index (κ1) is 13.3. The van der Waals surface area contributed by atoms with Gasteiger partial charge in [-0.2, -0.15) is 8.42 Å². The molecule has 0 aliphatic heterocycles. The van der Waals surface area contributed by atoms with Gasteiger partial charge in [0.2, 0.25) is 0 Å². The smallest absolute Gasteiger partial charge is 0.262 e. The van der Waals surface area contributed by atoms with Crippen molar-refractivity contribution in [2.75, 3.05) is 0 Å². The molecule has 4 heteroatoms. The Hall–Kier alpha value is -1.39. The number of rotatable bonds is 3. The molecule has 0 aromatic heterocycles. The van der Waals surface area contributed by atoms with Crippen molar-refractivity contribution in [1.82, 2.24) is 0 Å². The van der Waals surface area contributed by atoms with Crippen molar-refractivity contribution in [2.45, 2.75) is 24.3 Å². The third-order valence-electron chi connectivity index (χ3n) is 5.01. The highest BCUT2D eigenvalue weighted by molar-refractivity contribution is 7.86. The molecule has 3 aliphatic carbocycles. The molecule has 0 spiro atoms. The van der Waals surface area contributed by atoms with Gasteiger partial charge in [-0.15, -0.1) is 0 Å². The van der Waals surface area contributed by atoms with Gasteiger partial charge in [0.1, 0.15) is 0 Å². The summed E-state index contributed by atoms with van der Waals surface area (Å²) in [6, 6.07) is 6.84. The molecular weight excluding hydrogens is 284 g/mol. The average molecular weight is 302 g/mol. The monoisotopic (exact) mass is 302 g/mol. The molecular formula is C17H18O3S. The van der Waals surface area contributed by atoms with Crippen LogP contribution in [0.15, 0.2) is 53.5 Å². The Labute approximate surface area is 125 Å². The van der Waals surface area contributed by atoms with E-state index in [0.717, 1.165) is 12.0 Å². The molecule has 21 heavy (non-hydrogen) atoms. The first-order chi connectivity index (χ1) is 10.0. The number of aryl methyl sites for hydroxylation is 1. The van der Waals surface area contributed by atoms with Gasteiger partial charge < -0.3 is 0 Å². The fraction of sp³-hybridized carbons (Fsp3) is 0.412. The highest BCUT2D eigenvalue weighted by Crippen LogP contribution is 2.53. The molecule has 1 fully saturated rings. The maximum atomic E-state index is 12.4. The highest BCUT2D eigenvalue weighted by Gasteiger charge is 2.50. The lowest BCUT2D eigenvalue weighted by molar-refractivity contribution is 0.176. The summed E-state index contributed by atoms with van der Waals surface area (Å²) in [5, 5.41) is 0. The van der Waals surface area contributed by atoms with Gasteiger partial charge in [0, 0.05) is 5.92 Å². The molecule has 4 rings (SSSR count). The van der Waals surface area contributed by atoms with Crippen molar-refractivity contribution >= 4 is 10.1 Å². The number of benzene rings is 1. The van der Waals surface area contributed by atoms with Crippen LogP contribution in [0.4, 0.5) is 0 Å². The lowest BCUT2D eigenvalue weighted by atomic mass is 9.90. The molecule has 5 atom stereocenters. The van der Waals surface area contributed by atoms with Crippen LogP contribution < -0.4 is 0 Å². The van der Waals surface area contributed by atoms with Crippen molar-refractivity contribution in [3.05, 3.63) is 54.1 Å². The van der Waals surface area contributed by atoms with E-state index in [1.165, 1.54) is 0 Å². The summed E-state index contributed by atoms with van der Waals surface area (Å²) in [7, 11) is -3.67.